The van der Waals surface area contributed by atoms with Crippen molar-refractivity contribution >= 4 is 28.6 Å². The zero-order valence-corrected chi connectivity index (χ0v) is 11.4. The molecular formula is C13H15ClN2O3. The van der Waals surface area contributed by atoms with Crippen LogP contribution in [0.4, 0.5) is 0 Å². The average Bonchev–Trinajstić information content (AvgIpc) is 2.71. The molecule has 0 aliphatic heterocycles. The van der Waals surface area contributed by atoms with Gasteiger partial charge in [-0.05, 0) is 18.2 Å². The molecule has 0 bridgehead atoms. The summed E-state index contributed by atoms with van der Waals surface area (Å²) < 4.78 is 7.04. The summed E-state index contributed by atoms with van der Waals surface area (Å²) in [4.78, 5) is 15.1. The summed E-state index contributed by atoms with van der Waals surface area (Å²) >= 11 is 5.99. The summed E-state index contributed by atoms with van der Waals surface area (Å²) in [5.74, 6) is -0.0832. The maximum Gasteiger partial charge on any atom is 0.303 e. The molecule has 19 heavy (non-hydrogen) atoms. The third-order valence-electron chi connectivity index (χ3n) is 2.87. The molecule has 0 amide bonds. The first-order valence-corrected chi connectivity index (χ1v) is 6.35. The number of aryl methyl sites for hydroxylation is 1. The molecular weight excluding hydrogens is 268 g/mol. The molecule has 1 aromatic heterocycles. The highest BCUT2D eigenvalue weighted by Crippen LogP contribution is 2.21. The Morgan fingerprint density at radius 1 is 1.53 bits per heavy atom. The first-order valence-electron chi connectivity index (χ1n) is 5.97. The summed E-state index contributed by atoms with van der Waals surface area (Å²) in [5, 5.41) is 9.41. The minimum atomic E-state index is -0.830. The number of aliphatic carboxylic acids is 1. The van der Waals surface area contributed by atoms with Crippen molar-refractivity contribution in [3.05, 3.63) is 29.0 Å². The van der Waals surface area contributed by atoms with E-state index in [2.05, 4.69) is 4.98 Å². The lowest BCUT2D eigenvalue weighted by molar-refractivity contribution is -0.137. The molecule has 2 rings (SSSR count). The molecule has 0 spiro atoms. The van der Waals surface area contributed by atoms with Gasteiger partial charge in [0.25, 0.3) is 0 Å². The Hall–Kier alpha value is -1.59. The zero-order chi connectivity index (χ0) is 13.8. The van der Waals surface area contributed by atoms with Crippen LogP contribution in [-0.4, -0.2) is 34.3 Å². The Morgan fingerprint density at radius 2 is 2.32 bits per heavy atom. The quantitative estimate of drug-likeness (QED) is 0.883. The third-order valence-corrected chi connectivity index (χ3v) is 3.11. The summed E-state index contributed by atoms with van der Waals surface area (Å²) in [6.45, 7) is 1.17. The van der Waals surface area contributed by atoms with Crippen LogP contribution < -0.4 is 0 Å². The van der Waals surface area contributed by atoms with Gasteiger partial charge in [0.05, 0.1) is 24.1 Å². The van der Waals surface area contributed by atoms with E-state index >= 15 is 0 Å². The smallest absolute Gasteiger partial charge is 0.303 e. The Morgan fingerprint density at radius 3 is 3.00 bits per heavy atom. The minimum absolute atomic E-state index is 0.0596. The minimum Gasteiger partial charge on any atom is -0.481 e. The van der Waals surface area contributed by atoms with Crippen molar-refractivity contribution in [2.75, 3.05) is 13.7 Å². The number of ether oxygens (including phenoxy) is 1. The first kappa shape index (κ1) is 13.8. The second-order valence-corrected chi connectivity index (χ2v) is 4.64. The van der Waals surface area contributed by atoms with Crippen LogP contribution in [-0.2, 0) is 22.5 Å². The van der Waals surface area contributed by atoms with E-state index in [4.69, 9.17) is 21.4 Å². The fourth-order valence-corrected chi connectivity index (χ4v) is 2.15. The number of fused-ring (bicyclic) bond motifs is 1. The van der Waals surface area contributed by atoms with Crippen molar-refractivity contribution in [1.82, 2.24) is 9.55 Å². The van der Waals surface area contributed by atoms with Crippen LogP contribution in [0.3, 0.4) is 0 Å². The lowest BCUT2D eigenvalue weighted by Crippen LogP contribution is -2.10. The monoisotopic (exact) mass is 282 g/mol. The predicted molar refractivity (Wildman–Crippen MR) is 72.6 cm³/mol. The van der Waals surface area contributed by atoms with Crippen molar-refractivity contribution in [2.24, 2.45) is 0 Å². The van der Waals surface area contributed by atoms with Gasteiger partial charge in [0.1, 0.15) is 5.82 Å². The summed E-state index contributed by atoms with van der Waals surface area (Å²) in [7, 11) is 1.63. The van der Waals surface area contributed by atoms with Gasteiger partial charge in [0, 0.05) is 25.1 Å². The molecule has 0 unspecified atom stereocenters. The second kappa shape index (κ2) is 6.04. The highest BCUT2D eigenvalue weighted by atomic mass is 35.5. The highest BCUT2D eigenvalue weighted by molar-refractivity contribution is 6.31. The summed E-state index contributed by atoms with van der Waals surface area (Å²) in [6, 6.07) is 5.45. The molecule has 1 aromatic carbocycles. The van der Waals surface area contributed by atoms with Crippen LogP contribution in [0.2, 0.25) is 5.02 Å². The lowest BCUT2D eigenvalue weighted by Gasteiger charge is -2.07. The van der Waals surface area contributed by atoms with E-state index in [0.29, 0.717) is 24.6 Å². The molecule has 1 heterocycles. The van der Waals surface area contributed by atoms with Gasteiger partial charge in [-0.2, -0.15) is 0 Å². The van der Waals surface area contributed by atoms with Crippen LogP contribution in [0.15, 0.2) is 18.2 Å². The number of nitrogens with zero attached hydrogens (tertiary/aromatic N) is 2. The van der Waals surface area contributed by atoms with Gasteiger partial charge >= 0.3 is 5.97 Å². The van der Waals surface area contributed by atoms with Crippen molar-refractivity contribution in [1.29, 1.82) is 0 Å². The van der Waals surface area contributed by atoms with E-state index in [1.165, 1.54) is 0 Å². The lowest BCUT2D eigenvalue weighted by atomic mass is 10.3. The van der Waals surface area contributed by atoms with E-state index in [1.54, 1.807) is 13.2 Å². The van der Waals surface area contributed by atoms with Gasteiger partial charge in [0.2, 0.25) is 0 Å². The zero-order valence-electron chi connectivity index (χ0n) is 10.6. The molecule has 1 N–H and O–H groups in total. The Labute approximate surface area is 115 Å². The van der Waals surface area contributed by atoms with Gasteiger partial charge in [-0.25, -0.2) is 4.98 Å². The first-order chi connectivity index (χ1) is 9.11. The number of imidazole rings is 1. The molecule has 0 saturated carbocycles. The van der Waals surface area contributed by atoms with E-state index in [9.17, 15) is 4.79 Å². The highest BCUT2D eigenvalue weighted by Gasteiger charge is 2.12. The maximum atomic E-state index is 10.7. The number of methoxy groups -OCH3 is 1. The van der Waals surface area contributed by atoms with E-state index in [1.807, 2.05) is 16.7 Å². The SMILES string of the molecule is COCCn1c(CCC(=O)O)nc2ccc(Cl)cc21. The predicted octanol–water partition coefficient (Wildman–Crippen LogP) is 2.35. The topological polar surface area (TPSA) is 64.3 Å². The van der Waals surface area contributed by atoms with Gasteiger partial charge in [-0.3, -0.25) is 4.79 Å². The van der Waals surface area contributed by atoms with Crippen molar-refractivity contribution in [3.8, 4) is 0 Å². The van der Waals surface area contributed by atoms with Gasteiger partial charge in [-0.15, -0.1) is 0 Å². The second-order valence-electron chi connectivity index (χ2n) is 4.20. The number of carbonyl (C=O) groups is 1. The molecule has 0 aliphatic carbocycles. The van der Waals surface area contributed by atoms with Crippen molar-refractivity contribution in [2.45, 2.75) is 19.4 Å². The number of hydrogen-bond acceptors (Lipinski definition) is 3. The van der Waals surface area contributed by atoms with Gasteiger partial charge in [0.15, 0.2) is 0 Å². The molecule has 0 aliphatic rings. The van der Waals surface area contributed by atoms with Gasteiger partial charge < -0.3 is 14.4 Å². The van der Waals surface area contributed by atoms with Crippen molar-refractivity contribution in [3.63, 3.8) is 0 Å². The third kappa shape index (κ3) is 3.24. The van der Waals surface area contributed by atoms with E-state index in [-0.39, 0.29) is 6.42 Å². The Kier molecular flexibility index (Phi) is 4.39. The fraction of sp³-hybridized carbons (Fsp3) is 0.385. The summed E-state index contributed by atoms with van der Waals surface area (Å²) in [5.41, 5.74) is 1.73. The standard InChI is InChI=1S/C13H15ClN2O3/c1-19-7-6-16-11-8-9(14)2-3-10(11)15-12(16)4-5-13(17)18/h2-3,8H,4-7H2,1H3,(H,17,18). The molecule has 0 fully saturated rings. The number of carboxylic acid groups (broad SMARTS) is 1. The van der Waals surface area contributed by atoms with Crippen LogP contribution in [0, 0.1) is 0 Å². The number of benzene rings is 1. The fourth-order valence-electron chi connectivity index (χ4n) is 1.99. The molecule has 0 atom stereocenters. The van der Waals surface area contributed by atoms with Crippen LogP contribution >= 0.6 is 11.6 Å². The van der Waals surface area contributed by atoms with Crippen LogP contribution in [0.25, 0.3) is 11.0 Å². The Bertz CT molecular complexity index is 595. The van der Waals surface area contributed by atoms with Gasteiger partial charge in [-0.1, -0.05) is 11.6 Å². The molecule has 102 valence electrons. The Balaban J connectivity index is 2.39. The maximum absolute atomic E-state index is 10.7. The van der Waals surface area contributed by atoms with Crippen LogP contribution in [0.1, 0.15) is 12.2 Å². The van der Waals surface area contributed by atoms with E-state index in [0.717, 1.165) is 16.9 Å². The number of halogens is 1. The molecule has 2 aromatic rings. The molecule has 0 radical (unpaired) electrons. The van der Waals surface area contributed by atoms with Crippen molar-refractivity contribution < 1.29 is 14.6 Å². The normalized spacial score (nSPS) is 11.1. The molecule has 0 saturated heterocycles. The molecule has 6 heteroatoms. The van der Waals surface area contributed by atoms with Crippen LogP contribution in [0.5, 0.6) is 0 Å². The number of rotatable bonds is 6. The summed E-state index contributed by atoms with van der Waals surface area (Å²) in [6.07, 6.45) is 0.454. The average molecular weight is 283 g/mol. The van der Waals surface area contributed by atoms with E-state index < -0.39 is 5.97 Å². The number of aromatic nitrogens is 2. The number of hydrogen-bond donors (Lipinski definition) is 1. The number of carboxylic acids is 1. The largest absolute Gasteiger partial charge is 0.481 e. The molecule has 5 nitrogen and oxygen atoms in total.